The molecular weight excluding hydrogens is 299 g/mol. The number of hydrogen-bond acceptors (Lipinski definition) is 3. The Hall–Kier alpha value is -2.45. The maximum Gasteiger partial charge on any atom is 0.261 e. The highest BCUT2D eigenvalue weighted by molar-refractivity contribution is 7.13. The van der Waals surface area contributed by atoms with E-state index < -0.39 is 11.7 Å². The summed E-state index contributed by atoms with van der Waals surface area (Å²) >= 11 is 1.52. The van der Waals surface area contributed by atoms with Gasteiger partial charge < -0.3 is 5.32 Å². The first-order chi connectivity index (χ1) is 10.7. The fraction of sp³-hybridized carbons (Fsp3) is 0.176. The second kappa shape index (κ2) is 7.53. The maximum absolute atomic E-state index is 14.2. The van der Waals surface area contributed by atoms with Crippen LogP contribution in [-0.2, 0) is 4.79 Å². The molecule has 0 saturated heterocycles. The molecule has 2 rings (SSSR count). The summed E-state index contributed by atoms with van der Waals surface area (Å²) < 4.78 is 14.2. The average molecular weight is 314 g/mol. The molecule has 0 fully saturated rings. The summed E-state index contributed by atoms with van der Waals surface area (Å²) in [5.41, 5.74) is 0.901. The van der Waals surface area contributed by atoms with Crippen molar-refractivity contribution < 1.29 is 9.18 Å². The fourth-order valence-corrected chi connectivity index (χ4v) is 2.60. The van der Waals surface area contributed by atoms with Crippen molar-refractivity contribution in [3.63, 3.8) is 0 Å². The Morgan fingerprint density at radius 1 is 1.45 bits per heavy atom. The lowest BCUT2D eigenvalue weighted by atomic mass is 10.1. The van der Waals surface area contributed by atoms with Crippen LogP contribution in [0.5, 0.6) is 0 Å². The summed E-state index contributed by atoms with van der Waals surface area (Å²) in [6, 6.07) is 10.4. The Bertz CT molecular complexity index is 730. The number of carbonyl (C=O) groups is 1. The van der Waals surface area contributed by atoms with Crippen LogP contribution in [0.1, 0.15) is 18.9 Å². The normalized spacial score (nSPS) is 11.0. The largest absolute Gasteiger partial charge is 0.351 e. The Balaban J connectivity index is 2.27. The molecule has 22 heavy (non-hydrogen) atoms. The van der Waals surface area contributed by atoms with Gasteiger partial charge in [0.2, 0.25) is 0 Å². The summed E-state index contributed by atoms with van der Waals surface area (Å²) in [4.78, 5) is 12.7. The van der Waals surface area contributed by atoms with Crippen molar-refractivity contribution in [2.24, 2.45) is 0 Å². The van der Waals surface area contributed by atoms with Gasteiger partial charge in [0.25, 0.3) is 5.91 Å². The van der Waals surface area contributed by atoms with Gasteiger partial charge in [0.15, 0.2) is 0 Å². The molecule has 0 spiro atoms. The van der Waals surface area contributed by atoms with Gasteiger partial charge in [0, 0.05) is 17.0 Å². The van der Waals surface area contributed by atoms with E-state index in [-0.39, 0.29) is 11.1 Å². The lowest BCUT2D eigenvalue weighted by Crippen LogP contribution is -2.25. The van der Waals surface area contributed by atoms with Gasteiger partial charge in [0.1, 0.15) is 17.5 Å². The topological polar surface area (TPSA) is 52.9 Å². The van der Waals surface area contributed by atoms with Crippen LogP contribution in [0.2, 0.25) is 0 Å². The molecule has 3 nitrogen and oxygen atoms in total. The van der Waals surface area contributed by atoms with Gasteiger partial charge in [-0.1, -0.05) is 25.1 Å². The predicted octanol–water partition coefficient (Wildman–Crippen LogP) is 3.99. The van der Waals surface area contributed by atoms with Crippen molar-refractivity contribution in [2.45, 2.75) is 13.3 Å². The highest BCUT2D eigenvalue weighted by Crippen LogP contribution is 2.26. The predicted molar refractivity (Wildman–Crippen MR) is 86.6 cm³/mol. The first-order valence-corrected chi connectivity index (χ1v) is 7.77. The Kier molecular flexibility index (Phi) is 5.45. The number of nitriles is 1. The second-order valence-corrected chi connectivity index (χ2v) is 5.59. The van der Waals surface area contributed by atoms with Crippen LogP contribution in [0.25, 0.3) is 16.5 Å². The quantitative estimate of drug-likeness (QED) is 0.670. The maximum atomic E-state index is 14.2. The van der Waals surface area contributed by atoms with E-state index in [0.29, 0.717) is 6.54 Å². The number of nitrogens with one attached hydrogen (secondary N) is 1. The molecule has 0 bridgehead atoms. The number of benzene rings is 1. The van der Waals surface area contributed by atoms with Gasteiger partial charge in [-0.05, 0) is 35.6 Å². The van der Waals surface area contributed by atoms with Gasteiger partial charge in [-0.25, -0.2) is 4.39 Å². The SMILES string of the molecule is CCCNC(=O)/C(C#N)=C/c1ccc(-c2cccs2)cc1F. The number of nitrogens with zero attached hydrogens (tertiary/aromatic N) is 1. The summed E-state index contributed by atoms with van der Waals surface area (Å²) in [5, 5.41) is 13.6. The number of amides is 1. The van der Waals surface area contributed by atoms with Crippen LogP contribution in [0.3, 0.4) is 0 Å². The van der Waals surface area contributed by atoms with Crippen molar-refractivity contribution in [1.82, 2.24) is 5.32 Å². The van der Waals surface area contributed by atoms with Crippen LogP contribution < -0.4 is 5.32 Å². The van der Waals surface area contributed by atoms with Crippen molar-refractivity contribution in [1.29, 1.82) is 5.26 Å². The van der Waals surface area contributed by atoms with Gasteiger partial charge in [-0.2, -0.15) is 5.26 Å². The summed E-state index contributed by atoms with van der Waals surface area (Å²) in [7, 11) is 0. The number of hydrogen-bond donors (Lipinski definition) is 1. The molecule has 112 valence electrons. The molecule has 0 saturated carbocycles. The smallest absolute Gasteiger partial charge is 0.261 e. The van der Waals surface area contributed by atoms with Gasteiger partial charge >= 0.3 is 0 Å². The van der Waals surface area contributed by atoms with E-state index in [4.69, 9.17) is 5.26 Å². The third-order valence-corrected chi connectivity index (χ3v) is 3.93. The van der Waals surface area contributed by atoms with Crippen molar-refractivity contribution in [2.75, 3.05) is 6.54 Å². The Morgan fingerprint density at radius 2 is 2.27 bits per heavy atom. The summed E-state index contributed by atoms with van der Waals surface area (Å²) in [6.45, 7) is 2.40. The molecule has 1 heterocycles. The lowest BCUT2D eigenvalue weighted by molar-refractivity contribution is -0.117. The highest BCUT2D eigenvalue weighted by atomic mass is 32.1. The molecule has 1 aromatic heterocycles. The first-order valence-electron chi connectivity index (χ1n) is 6.89. The standard InChI is InChI=1S/C17H15FN2OS/c1-2-7-20-17(21)14(11-19)9-12-5-6-13(10-15(12)18)16-4-3-8-22-16/h3-6,8-10H,2,7H2,1H3,(H,20,21)/b14-9+. The minimum atomic E-state index is -0.480. The third kappa shape index (κ3) is 3.80. The fourth-order valence-electron chi connectivity index (χ4n) is 1.88. The van der Waals surface area contributed by atoms with E-state index in [1.54, 1.807) is 12.1 Å². The highest BCUT2D eigenvalue weighted by Gasteiger charge is 2.10. The summed E-state index contributed by atoms with van der Waals surface area (Å²) in [6.07, 6.45) is 2.05. The molecule has 2 aromatic rings. The van der Waals surface area contributed by atoms with Crippen LogP contribution in [0.15, 0.2) is 41.3 Å². The van der Waals surface area contributed by atoms with Crippen molar-refractivity contribution in [3.05, 3.63) is 52.7 Å². The number of halogens is 1. The molecule has 1 aromatic carbocycles. The molecule has 0 unspecified atom stereocenters. The minimum absolute atomic E-state index is 0.101. The van der Waals surface area contributed by atoms with Crippen LogP contribution in [-0.4, -0.2) is 12.5 Å². The molecule has 0 aliphatic carbocycles. The van der Waals surface area contributed by atoms with E-state index in [2.05, 4.69) is 5.32 Å². The molecule has 0 aliphatic heterocycles. The zero-order valence-corrected chi connectivity index (χ0v) is 12.9. The van der Waals surface area contributed by atoms with E-state index in [0.717, 1.165) is 16.9 Å². The molecule has 0 aliphatic rings. The first kappa shape index (κ1) is 15.9. The summed E-state index contributed by atoms with van der Waals surface area (Å²) in [5.74, 6) is -0.937. The van der Waals surface area contributed by atoms with Crippen LogP contribution in [0, 0.1) is 17.1 Å². The molecule has 1 N–H and O–H groups in total. The zero-order valence-electron chi connectivity index (χ0n) is 12.1. The molecule has 5 heteroatoms. The number of rotatable bonds is 5. The van der Waals surface area contributed by atoms with E-state index in [1.807, 2.05) is 30.5 Å². The Labute approximate surface area is 132 Å². The lowest BCUT2D eigenvalue weighted by Gasteiger charge is -2.04. The van der Waals surface area contributed by atoms with Gasteiger partial charge in [0.05, 0.1) is 0 Å². The van der Waals surface area contributed by atoms with Crippen molar-refractivity contribution in [3.8, 4) is 16.5 Å². The Morgan fingerprint density at radius 3 is 2.86 bits per heavy atom. The van der Waals surface area contributed by atoms with Crippen molar-refractivity contribution >= 4 is 23.3 Å². The minimum Gasteiger partial charge on any atom is -0.351 e. The third-order valence-electron chi connectivity index (χ3n) is 3.01. The van der Waals surface area contributed by atoms with Crippen LogP contribution >= 0.6 is 11.3 Å². The van der Waals surface area contributed by atoms with E-state index >= 15 is 0 Å². The number of thiophene rings is 1. The van der Waals surface area contributed by atoms with E-state index in [1.165, 1.54) is 23.5 Å². The number of carbonyl (C=O) groups excluding carboxylic acids is 1. The monoisotopic (exact) mass is 314 g/mol. The van der Waals surface area contributed by atoms with Gasteiger partial charge in [-0.15, -0.1) is 11.3 Å². The van der Waals surface area contributed by atoms with E-state index in [9.17, 15) is 9.18 Å². The zero-order chi connectivity index (χ0) is 15.9. The molecular formula is C17H15FN2OS. The second-order valence-electron chi connectivity index (χ2n) is 4.64. The average Bonchev–Trinajstić information content (AvgIpc) is 3.05. The molecule has 0 radical (unpaired) electrons. The molecule has 0 atom stereocenters. The van der Waals surface area contributed by atoms with Gasteiger partial charge in [-0.3, -0.25) is 4.79 Å². The molecule has 1 amide bonds. The van der Waals surface area contributed by atoms with Crippen LogP contribution in [0.4, 0.5) is 4.39 Å².